The van der Waals surface area contributed by atoms with Crippen LogP contribution in [0, 0.1) is 0 Å². The Labute approximate surface area is 227 Å². The lowest BCUT2D eigenvalue weighted by molar-refractivity contribution is 0.462. The predicted octanol–water partition coefficient (Wildman–Crippen LogP) is 7.57. The van der Waals surface area contributed by atoms with E-state index < -0.39 is 10.1 Å². The average molecular weight is 583 g/mol. The minimum Gasteiger partial charge on any atom is -0.379 e. The fourth-order valence-corrected chi connectivity index (χ4v) is 6.05. The van der Waals surface area contributed by atoms with Crippen LogP contribution in [-0.2, 0) is 15.5 Å². The van der Waals surface area contributed by atoms with E-state index in [0.29, 0.717) is 6.04 Å². The summed E-state index contributed by atoms with van der Waals surface area (Å²) in [5.74, 6) is 1.15. The van der Waals surface area contributed by atoms with Gasteiger partial charge in [0.15, 0.2) is 0 Å². The van der Waals surface area contributed by atoms with Crippen LogP contribution < -0.4 is 9.50 Å². The molecule has 1 aliphatic rings. The Morgan fingerprint density at radius 2 is 1.73 bits per heavy atom. The highest BCUT2D eigenvalue weighted by molar-refractivity contribution is 9.10. The van der Waals surface area contributed by atoms with Gasteiger partial charge in [-0.05, 0) is 76.1 Å². The molecule has 2 aromatic carbocycles. The lowest BCUT2D eigenvalue weighted by Crippen LogP contribution is -2.23. The minimum absolute atomic E-state index is 0.0649. The maximum absolute atomic E-state index is 13.1. The number of fused-ring (bicyclic) bond motifs is 1. The lowest BCUT2D eigenvalue weighted by Gasteiger charge is -2.24. The number of benzene rings is 2. The van der Waals surface area contributed by atoms with Gasteiger partial charge in [-0.2, -0.15) is 8.42 Å². The Morgan fingerprint density at radius 1 is 1.00 bits per heavy atom. The van der Waals surface area contributed by atoms with Gasteiger partial charge in [-0.25, -0.2) is 4.98 Å². The molecule has 1 fully saturated rings. The number of imidazole rings is 1. The Kier molecular flexibility index (Phi) is 7.07. The molecular formula is C29H32BrN3O3S. The van der Waals surface area contributed by atoms with Crippen LogP contribution in [0.3, 0.4) is 0 Å². The van der Waals surface area contributed by atoms with Crippen LogP contribution in [-0.4, -0.2) is 23.8 Å². The number of halogens is 1. The van der Waals surface area contributed by atoms with E-state index >= 15 is 0 Å². The Hall–Kier alpha value is -2.84. The number of nitrogens with one attached hydrogen (secondary N) is 1. The van der Waals surface area contributed by atoms with Crippen molar-refractivity contribution in [1.29, 1.82) is 0 Å². The normalized spacial score (nSPS) is 15.1. The molecule has 0 spiro atoms. The van der Waals surface area contributed by atoms with Crippen LogP contribution >= 0.6 is 15.9 Å². The second-order valence-corrected chi connectivity index (χ2v) is 13.2. The monoisotopic (exact) mass is 581 g/mol. The first-order valence-corrected chi connectivity index (χ1v) is 14.9. The third kappa shape index (κ3) is 5.70. The van der Waals surface area contributed by atoms with Gasteiger partial charge in [-0.1, -0.05) is 64.3 Å². The van der Waals surface area contributed by atoms with Crippen molar-refractivity contribution in [2.45, 2.75) is 69.2 Å². The van der Waals surface area contributed by atoms with E-state index in [9.17, 15) is 8.42 Å². The molecule has 0 aliphatic heterocycles. The Morgan fingerprint density at radius 3 is 2.43 bits per heavy atom. The summed E-state index contributed by atoms with van der Waals surface area (Å²) in [6.45, 7) is 6.27. The topological polar surface area (TPSA) is 72.7 Å². The highest BCUT2D eigenvalue weighted by atomic mass is 79.9. The number of pyridine rings is 1. The molecule has 1 N–H and O–H groups in total. The smallest absolute Gasteiger partial charge is 0.339 e. The van der Waals surface area contributed by atoms with Crippen LogP contribution in [0.5, 0.6) is 5.75 Å². The number of rotatable bonds is 6. The van der Waals surface area contributed by atoms with E-state index in [1.54, 1.807) is 30.3 Å². The van der Waals surface area contributed by atoms with E-state index in [1.165, 1.54) is 19.3 Å². The number of hydrogen-bond acceptors (Lipinski definition) is 5. The summed E-state index contributed by atoms with van der Waals surface area (Å²) >= 11 is 3.58. The zero-order chi connectivity index (χ0) is 26.2. The number of anilines is 1. The Balaban J connectivity index is 1.48. The predicted molar refractivity (Wildman–Crippen MR) is 152 cm³/mol. The first kappa shape index (κ1) is 25.8. The molecule has 1 aliphatic carbocycles. The molecule has 0 bridgehead atoms. The van der Waals surface area contributed by atoms with E-state index in [1.807, 2.05) is 36.5 Å². The number of aromatic nitrogens is 2. The second-order valence-electron chi connectivity index (χ2n) is 10.7. The van der Waals surface area contributed by atoms with E-state index in [4.69, 9.17) is 9.17 Å². The van der Waals surface area contributed by atoms with Crippen LogP contribution in [0.4, 0.5) is 5.82 Å². The second kappa shape index (κ2) is 10.1. The molecular weight excluding hydrogens is 550 g/mol. The molecule has 194 valence electrons. The summed E-state index contributed by atoms with van der Waals surface area (Å²) in [7, 11) is -3.99. The molecule has 5 rings (SSSR count). The van der Waals surface area contributed by atoms with Gasteiger partial charge in [0, 0.05) is 22.3 Å². The van der Waals surface area contributed by atoms with E-state index in [-0.39, 0.29) is 16.1 Å². The van der Waals surface area contributed by atoms with Gasteiger partial charge in [0.25, 0.3) is 0 Å². The largest absolute Gasteiger partial charge is 0.379 e. The molecule has 0 saturated heterocycles. The van der Waals surface area contributed by atoms with Gasteiger partial charge >= 0.3 is 10.1 Å². The SMILES string of the molecule is CC(C)(C)c1ccc(S(=O)(=O)Oc2cccc(-c3nc4ccc(Br)cn4c3NC3CCCCC3)c2)cc1. The van der Waals surface area contributed by atoms with Gasteiger partial charge in [-0.3, -0.25) is 4.40 Å². The highest BCUT2D eigenvalue weighted by Crippen LogP contribution is 2.34. The van der Waals surface area contributed by atoms with E-state index in [2.05, 4.69) is 46.4 Å². The minimum atomic E-state index is -3.99. The van der Waals surface area contributed by atoms with Crippen molar-refractivity contribution in [3.8, 4) is 17.0 Å². The quantitative estimate of drug-likeness (QED) is 0.238. The fourth-order valence-electron chi connectivity index (χ4n) is 4.79. The van der Waals surface area contributed by atoms with Crippen molar-refractivity contribution in [3.63, 3.8) is 0 Å². The first-order valence-electron chi connectivity index (χ1n) is 12.7. The fraction of sp³-hybridized carbons (Fsp3) is 0.345. The van der Waals surface area contributed by atoms with Crippen LogP contribution in [0.15, 0.2) is 76.2 Å². The van der Waals surface area contributed by atoms with Crippen LogP contribution in [0.2, 0.25) is 0 Å². The third-order valence-corrected chi connectivity index (χ3v) is 8.58. The molecule has 2 heterocycles. The van der Waals surface area contributed by atoms with Gasteiger partial charge in [0.2, 0.25) is 0 Å². The molecule has 1 saturated carbocycles. The zero-order valence-electron chi connectivity index (χ0n) is 21.4. The molecule has 0 atom stereocenters. The van der Waals surface area contributed by atoms with Crippen molar-refractivity contribution < 1.29 is 12.6 Å². The summed E-state index contributed by atoms with van der Waals surface area (Å²) in [5.41, 5.74) is 3.36. The third-order valence-electron chi connectivity index (χ3n) is 6.85. The van der Waals surface area contributed by atoms with Gasteiger partial charge < -0.3 is 9.50 Å². The van der Waals surface area contributed by atoms with Crippen molar-refractivity contribution in [1.82, 2.24) is 9.38 Å². The van der Waals surface area contributed by atoms with Crippen molar-refractivity contribution in [2.75, 3.05) is 5.32 Å². The van der Waals surface area contributed by atoms with Crippen molar-refractivity contribution in [2.24, 2.45) is 0 Å². The molecule has 4 aromatic rings. The molecule has 8 heteroatoms. The number of hydrogen-bond donors (Lipinski definition) is 1. The maximum atomic E-state index is 13.1. The summed E-state index contributed by atoms with van der Waals surface area (Å²) in [6, 6.07) is 18.3. The van der Waals surface area contributed by atoms with Crippen molar-refractivity contribution >= 4 is 37.5 Å². The summed E-state index contributed by atoms with van der Waals surface area (Å²) in [4.78, 5) is 5.02. The summed E-state index contributed by atoms with van der Waals surface area (Å²) in [5, 5.41) is 3.73. The molecule has 0 amide bonds. The van der Waals surface area contributed by atoms with Crippen LogP contribution in [0.1, 0.15) is 58.4 Å². The summed E-state index contributed by atoms with van der Waals surface area (Å²) in [6.07, 6.45) is 7.95. The molecule has 37 heavy (non-hydrogen) atoms. The lowest BCUT2D eigenvalue weighted by atomic mass is 9.87. The highest BCUT2D eigenvalue weighted by Gasteiger charge is 2.22. The van der Waals surface area contributed by atoms with E-state index in [0.717, 1.165) is 45.6 Å². The standard InChI is InChI=1S/C29H32BrN3O3S/c1-29(2,3)21-12-15-25(16-13-21)37(34,35)36-24-11-7-8-20(18-24)27-28(31-23-9-5-4-6-10-23)33-19-22(30)14-17-26(33)32-27/h7-8,11-19,23,31H,4-6,9-10H2,1-3H3. The van der Waals surface area contributed by atoms with Gasteiger partial charge in [0.1, 0.15) is 27.8 Å². The molecule has 0 unspecified atom stereocenters. The van der Waals surface area contributed by atoms with Crippen molar-refractivity contribution in [3.05, 3.63) is 76.9 Å². The van der Waals surface area contributed by atoms with Gasteiger partial charge in [-0.15, -0.1) is 0 Å². The molecule has 6 nitrogen and oxygen atoms in total. The zero-order valence-corrected chi connectivity index (χ0v) is 23.8. The Bertz CT molecular complexity index is 1520. The van der Waals surface area contributed by atoms with Crippen LogP contribution in [0.25, 0.3) is 16.9 Å². The molecule has 0 radical (unpaired) electrons. The molecule has 2 aromatic heterocycles. The maximum Gasteiger partial charge on any atom is 0.339 e. The average Bonchev–Trinajstić information content (AvgIpc) is 3.21. The first-order chi connectivity index (χ1) is 17.6. The summed E-state index contributed by atoms with van der Waals surface area (Å²) < 4.78 is 34.7. The number of nitrogens with zero attached hydrogens (tertiary/aromatic N) is 2. The van der Waals surface area contributed by atoms with Gasteiger partial charge in [0.05, 0.1) is 0 Å².